The van der Waals surface area contributed by atoms with Crippen LogP contribution in [0, 0.1) is 0 Å². The Bertz CT molecular complexity index is 394. The number of nitrogens with one attached hydrogen (secondary N) is 1. The van der Waals surface area contributed by atoms with Gasteiger partial charge in [0.2, 0.25) is 0 Å². The summed E-state index contributed by atoms with van der Waals surface area (Å²) in [6.07, 6.45) is -2.02. The van der Waals surface area contributed by atoms with Crippen LogP contribution in [-0.2, 0) is 11.2 Å². The van der Waals surface area contributed by atoms with Gasteiger partial charge in [-0.3, -0.25) is 11.3 Å². The highest BCUT2D eigenvalue weighted by Crippen LogP contribution is 2.15. The van der Waals surface area contributed by atoms with E-state index in [9.17, 15) is 13.2 Å². The third-order valence-electron chi connectivity index (χ3n) is 2.68. The van der Waals surface area contributed by atoms with Crippen molar-refractivity contribution in [1.82, 2.24) is 20.2 Å². The topological polar surface area (TPSA) is 78.0 Å². The Morgan fingerprint density at radius 3 is 2.70 bits per heavy atom. The van der Waals surface area contributed by atoms with Crippen LogP contribution >= 0.6 is 0 Å². The SMILES string of the molecule is CC(C)n1ncnc1CC(CCOCC(F)(F)F)NN. The highest BCUT2D eigenvalue weighted by Gasteiger charge is 2.27. The molecule has 0 aliphatic carbocycles. The van der Waals surface area contributed by atoms with E-state index < -0.39 is 12.8 Å². The molecule has 0 aromatic carbocycles. The molecule has 1 aromatic heterocycles. The largest absolute Gasteiger partial charge is 0.411 e. The highest BCUT2D eigenvalue weighted by atomic mass is 19.4. The standard InChI is InChI=1S/C11H20F3N5O/c1-8(2)19-10(16-7-17-19)5-9(18-15)3-4-20-6-11(12,13)14/h7-9,18H,3-6,15H2,1-2H3. The van der Waals surface area contributed by atoms with Crippen molar-refractivity contribution in [3.05, 3.63) is 12.2 Å². The summed E-state index contributed by atoms with van der Waals surface area (Å²) >= 11 is 0. The van der Waals surface area contributed by atoms with E-state index in [-0.39, 0.29) is 18.7 Å². The van der Waals surface area contributed by atoms with Gasteiger partial charge in [0.25, 0.3) is 0 Å². The first-order valence-electron chi connectivity index (χ1n) is 6.32. The van der Waals surface area contributed by atoms with Crippen molar-refractivity contribution in [3.8, 4) is 0 Å². The summed E-state index contributed by atoms with van der Waals surface area (Å²) in [6.45, 7) is 2.67. The highest BCUT2D eigenvalue weighted by molar-refractivity contribution is 4.90. The van der Waals surface area contributed by atoms with Gasteiger partial charge in [0.05, 0.1) is 0 Å². The summed E-state index contributed by atoms with van der Waals surface area (Å²) in [4.78, 5) is 4.13. The summed E-state index contributed by atoms with van der Waals surface area (Å²) in [5, 5.41) is 4.09. The second-order valence-corrected chi connectivity index (χ2v) is 4.74. The average molecular weight is 295 g/mol. The van der Waals surface area contributed by atoms with Gasteiger partial charge in [-0.25, -0.2) is 9.67 Å². The van der Waals surface area contributed by atoms with Crippen molar-refractivity contribution in [1.29, 1.82) is 0 Å². The van der Waals surface area contributed by atoms with E-state index in [1.165, 1.54) is 6.33 Å². The van der Waals surface area contributed by atoms with Crippen molar-refractivity contribution in [2.24, 2.45) is 5.84 Å². The zero-order chi connectivity index (χ0) is 15.2. The molecular weight excluding hydrogens is 275 g/mol. The summed E-state index contributed by atoms with van der Waals surface area (Å²) in [6, 6.07) is -0.0580. The Kier molecular flexibility index (Phi) is 6.37. The maximum atomic E-state index is 11.9. The van der Waals surface area contributed by atoms with Crippen molar-refractivity contribution in [2.75, 3.05) is 13.2 Å². The van der Waals surface area contributed by atoms with E-state index in [0.29, 0.717) is 12.8 Å². The molecule has 0 radical (unpaired) electrons. The van der Waals surface area contributed by atoms with E-state index in [2.05, 4.69) is 20.2 Å². The predicted molar refractivity (Wildman–Crippen MR) is 66.7 cm³/mol. The quantitative estimate of drug-likeness (QED) is 0.428. The Morgan fingerprint density at radius 1 is 1.45 bits per heavy atom. The second kappa shape index (κ2) is 7.55. The lowest BCUT2D eigenvalue weighted by atomic mass is 10.1. The van der Waals surface area contributed by atoms with Crippen molar-refractivity contribution in [3.63, 3.8) is 0 Å². The van der Waals surface area contributed by atoms with E-state index in [4.69, 9.17) is 5.84 Å². The van der Waals surface area contributed by atoms with Crippen LogP contribution in [0.1, 0.15) is 32.1 Å². The molecule has 1 rings (SSSR count). The molecule has 20 heavy (non-hydrogen) atoms. The van der Waals surface area contributed by atoms with Crippen LogP contribution in [0.5, 0.6) is 0 Å². The third kappa shape index (κ3) is 5.85. The monoisotopic (exact) mass is 295 g/mol. The molecule has 0 aliphatic rings. The van der Waals surface area contributed by atoms with Gasteiger partial charge in [-0.1, -0.05) is 0 Å². The molecule has 0 amide bonds. The molecule has 9 heteroatoms. The third-order valence-corrected chi connectivity index (χ3v) is 2.68. The van der Waals surface area contributed by atoms with Crippen LogP contribution in [-0.4, -0.2) is 40.2 Å². The first-order valence-corrected chi connectivity index (χ1v) is 6.32. The van der Waals surface area contributed by atoms with Gasteiger partial charge in [0.1, 0.15) is 18.8 Å². The fourth-order valence-electron chi connectivity index (χ4n) is 1.73. The minimum Gasteiger partial charge on any atom is -0.372 e. The van der Waals surface area contributed by atoms with Gasteiger partial charge in [-0.05, 0) is 20.3 Å². The number of nitrogens with zero attached hydrogens (tertiary/aromatic N) is 3. The van der Waals surface area contributed by atoms with Gasteiger partial charge in [-0.2, -0.15) is 18.3 Å². The maximum absolute atomic E-state index is 11.9. The van der Waals surface area contributed by atoms with Gasteiger partial charge in [-0.15, -0.1) is 0 Å². The van der Waals surface area contributed by atoms with Gasteiger partial charge in [0, 0.05) is 25.1 Å². The van der Waals surface area contributed by atoms with Crippen LogP contribution in [0.4, 0.5) is 13.2 Å². The normalized spacial score (nSPS) is 13.9. The van der Waals surface area contributed by atoms with Crippen LogP contribution in [0.2, 0.25) is 0 Å². The molecule has 0 bridgehead atoms. The number of rotatable bonds is 8. The van der Waals surface area contributed by atoms with Crippen LogP contribution in [0.25, 0.3) is 0 Å². The fraction of sp³-hybridized carbons (Fsp3) is 0.818. The molecule has 1 aromatic rings. The average Bonchev–Trinajstić information content (AvgIpc) is 2.80. The summed E-state index contributed by atoms with van der Waals surface area (Å²) < 4.78 is 42.1. The van der Waals surface area contributed by atoms with Crippen LogP contribution in [0.15, 0.2) is 6.33 Å². The molecular formula is C11H20F3N5O. The van der Waals surface area contributed by atoms with Gasteiger partial charge in [0.15, 0.2) is 0 Å². The Morgan fingerprint density at radius 2 is 2.15 bits per heavy atom. The molecule has 1 unspecified atom stereocenters. The molecule has 3 N–H and O–H groups in total. The lowest BCUT2D eigenvalue weighted by Gasteiger charge is -2.17. The van der Waals surface area contributed by atoms with Gasteiger partial charge < -0.3 is 4.74 Å². The summed E-state index contributed by atoms with van der Waals surface area (Å²) in [5.74, 6) is 6.13. The second-order valence-electron chi connectivity index (χ2n) is 4.74. The van der Waals surface area contributed by atoms with E-state index in [1.54, 1.807) is 4.68 Å². The Balaban J connectivity index is 2.41. The molecule has 0 saturated carbocycles. The lowest BCUT2D eigenvalue weighted by Crippen LogP contribution is -2.38. The maximum Gasteiger partial charge on any atom is 0.411 e. The Hall–Kier alpha value is -1.19. The number of aromatic nitrogens is 3. The molecule has 6 nitrogen and oxygen atoms in total. The first kappa shape index (κ1) is 16.9. The van der Waals surface area contributed by atoms with Crippen molar-refractivity contribution >= 4 is 0 Å². The number of halogens is 3. The lowest BCUT2D eigenvalue weighted by molar-refractivity contribution is -0.174. The minimum atomic E-state index is -4.30. The number of alkyl halides is 3. The fourth-order valence-corrected chi connectivity index (χ4v) is 1.73. The predicted octanol–water partition coefficient (Wildman–Crippen LogP) is 1.20. The number of ether oxygens (including phenoxy) is 1. The van der Waals surface area contributed by atoms with E-state index in [0.717, 1.165) is 5.82 Å². The number of hydrogen-bond acceptors (Lipinski definition) is 5. The van der Waals surface area contributed by atoms with Crippen LogP contribution in [0.3, 0.4) is 0 Å². The molecule has 116 valence electrons. The zero-order valence-corrected chi connectivity index (χ0v) is 11.5. The van der Waals surface area contributed by atoms with Crippen molar-refractivity contribution < 1.29 is 17.9 Å². The van der Waals surface area contributed by atoms with Crippen LogP contribution < -0.4 is 11.3 Å². The minimum absolute atomic E-state index is 0.0236. The molecule has 1 heterocycles. The molecule has 0 fully saturated rings. The van der Waals surface area contributed by atoms with Gasteiger partial charge >= 0.3 is 6.18 Å². The molecule has 0 spiro atoms. The van der Waals surface area contributed by atoms with E-state index >= 15 is 0 Å². The molecule has 1 atom stereocenters. The summed E-state index contributed by atoms with van der Waals surface area (Å²) in [7, 11) is 0. The van der Waals surface area contributed by atoms with E-state index in [1.807, 2.05) is 13.8 Å². The number of hydrogen-bond donors (Lipinski definition) is 2. The van der Waals surface area contributed by atoms with Crippen molar-refractivity contribution in [2.45, 2.75) is 44.9 Å². The smallest absolute Gasteiger partial charge is 0.372 e. The summed E-state index contributed by atoms with van der Waals surface area (Å²) in [5.41, 5.74) is 2.56. The number of hydrazine groups is 1. The molecule has 0 aliphatic heterocycles. The first-order chi connectivity index (χ1) is 9.33. The molecule has 0 saturated heterocycles. The number of nitrogens with two attached hydrogens (primary N) is 1. The zero-order valence-electron chi connectivity index (χ0n) is 11.5. The Labute approximate surface area is 115 Å².